The van der Waals surface area contributed by atoms with E-state index in [4.69, 9.17) is 17.3 Å². The normalized spacial score (nSPS) is 25.4. The van der Waals surface area contributed by atoms with Gasteiger partial charge >= 0.3 is 0 Å². The van der Waals surface area contributed by atoms with Gasteiger partial charge in [-0.25, -0.2) is 0 Å². The molecule has 1 aliphatic heterocycles. The maximum atomic E-state index is 6.13. The van der Waals surface area contributed by atoms with Gasteiger partial charge in [-0.05, 0) is 37.1 Å². The van der Waals surface area contributed by atoms with Gasteiger partial charge in [-0.1, -0.05) is 25.4 Å². The van der Waals surface area contributed by atoms with E-state index in [0.29, 0.717) is 10.5 Å². The lowest BCUT2D eigenvalue weighted by Crippen LogP contribution is -2.41. The van der Waals surface area contributed by atoms with Crippen LogP contribution in [0.25, 0.3) is 0 Å². The molecule has 106 valence electrons. The van der Waals surface area contributed by atoms with Crippen molar-refractivity contribution < 1.29 is 0 Å². The van der Waals surface area contributed by atoms with Gasteiger partial charge < -0.3 is 10.6 Å². The highest BCUT2D eigenvalue weighted by Crippen LogP contribution is 2.32. The largest absolute Gasteiger partial charge is 0.369 e. The Kier molecular flexibility index (Phi) is 5.04. The third-order valence-corrected chi connectivity index (χ3v) is 4.81. The van der Waals surface area contributed by atoms with Crippen LogP contribution in [0.2, 0.25) is 5.02 Å². The van der Waals surface area contributed by atoms with Crippen molar-refractivity contribution in [2.45, 2.75) is 43.7 Å². The fourth-order valence-electron chi connectivity index (χ4n) is 2.75. The van der Waals surface area contributed by atoms with Crippen LogP contribution in [-0.4, -0.2) is 29.6 Å². The minimum Gasteiger partial charge on any atom is -0.369 e. The van der Waals surface area contributed by atoms with E-state index in [1.54, 1.807) is 0 Å². The molecule has 4 heteroatoms. The first-order valence-electron chi connectivity index (χ1n) is 6.90. The second-order valence-corrected chi connectivity index (χ2v) is 7.93. The topological polar surface area (TPSA) is 29.3 Å². The summed E-state index contributed by atoms with van der Waals surface area (Å²) in [4.78, 5) is 2.49. The van der Waals surface area contributed by atoms with E-state index in [1.165, 1.54) is 11.3 Å². The number of nitrogens with two attached hydrogens (primary N) is 1. The zero-order chi connectivity index (χ0) is 14.0. The van der Waals surface area contributed by atoms with Crippen LogP contribution in [0, 0.1) is 0 Å². The Balaban J connectivity index is 2.27. The molecule has 1 heterocycles. The highest BCUT2D eigenvalue weighted by atomic mass is 35.5. The van der Waals surface area contributed by atoms with E-state index in [1.807, 2.05) is 13.0 Å². The fourth-order valence-corrected chi connectivity index (χ4v) is 4.27. The van der Waals surface area contributed by atoms with Crippen molar-refractivity contribution in [3.63, 3.8) is 0 Å². The summed E-state index contributed by atoms with van der Waals surface area (Å²) in [6.45, 7) is 8.84. The van der Waals surface area contributed by atoms with Gasteiger partial charge in [-0.15, -0.1) is 0 Å². The quantitative estimate of drug-likeness (QED) is 0.925. The number of hydrogen-bond donors (Lipinski definition) is 1. The molecule has 0 radical (unpaired) electrons. The number of thioether (sulfide) groups is 1. The summed E-state index contributed by atoms with van der Waals surface area (Å²) in [5.74, 6) is 0. The van der Waals surface area contributed by atoms with Crippen molar-refractivity contribution in [2.75, 3.05) is 18.0 Å². The lowest BCUT2D eigenvalue weighted by molar-refractivity contribution is 0.705. The van der Waals surface area contributed by atoms with Crippen LogP contribution in [0.1, 0.15) is 26.3 Å². The highest BCUT2D eigenvalue weighted by molar-refractivity contribution is 8.00. The molecule has 2 rings (SSSR count). The average Bonchev–Trinajstić information content (AvgIpc) is 2.26. The van der Waals surface area contributed by atoms with Gasteiger partial charge in [0.25, 0.3) is 0 Å². The first kappa shape index (κ1) is 15.0. The zero-order valence-corrected chi connectivity index (χ0v) is 13.5. The molecule has 1 aromatic rings. The summed E-state index contributed by atoms with van der Waals surface area (Å²) in [6, 6.07) is 6.36. The Morgan fingerprint density at radius 3 is 2.58 bits per heavy atom. The standard InChI is InChI=1S/C15H23ClN2S/c1-10(17)6-13-7-14(16)4-5-15(13)18-8-11(2)19-12(3)9-18/h4-5,7,10-12H,6,8-9,17H2,1-3H3. The van der Waals surface area contributed by atoms with Gasteiger partial charge in [-0.2, -0.15) is 11.8 Å². The van der Waals surface area contributed by atoms with E-state index in [-0.39, 0.29) is 6.04 Å². The summed E-state index contributed by atoms with van der Waals surface area (Å²) in [5, 5.41) is 2.14. The molecule has 0 aliphatic carbocycles. The highest BCUT2D eigenvalue weighted by Gasteiger charge is 2.24. The summed E-state index contributed by atoms with van der Waals surface area (Å²) >= 11 is 8.20. The molecule has 2 nitrogen and oxygen atoms in total. The summed E-state index contributed by atoms with van der Waals surface area (Å²) < 4.78 is 0. The molecule has 1 aromatic carbocycles. The van der Waals surface area contributed by atoms with Crippen LogP contribution in [0.4, 0.5) is 5.69 Å². The van der Waals surface area contributed by atoms with Gasteiger partial charge in [0.1, 0.15) is 0 Å². The van der Waals surface area contributed by atoms with Gasteiger partial charge in [-0.3, -0.25) is 0 Å². The smallest absolute Gasteiger partial charge is 0.0410 e. The van der Waals surface area contributed by atoms with Crippen molar-refractivity contribution in [3.05, 3.63) is 28.8 Å². The average molecular weight is 299 g/mol. The molecular weight excluding hydrogens is 276 g/mol. The maximum absolute atomic E-state index is 6.13. The molecule has 19 heavy (non-hydrogen) atoms. The molecule has 1 saturated heterocycles. The molecule has 0 saturated carbocycles. The van der Waals surface area contributed by atoms with Crippen LogP contribution in [0.3, 0.4) is 0 Å². The van der Waals surface area contributed by atoms with Crippen LogP contribution in [0.5, 0.6) is 0 Å². The number of hydrogen-bond acceptors (Lipinski definition) is 3. The number of rotatable bonds is 3. The van der Waals surface area contributed by atoms with Gasteiger partial charge in [0.05, 0.1) is 0 Å². The molecule has 0 bridgehead atoms. The Hall–Kier alpha value is -0.380. The molecule has 0 aromatic heterocycles. The molecule has 0 amide bonds. The van der Waals surface area contributed by atoms with E-state index in [0.717, 1.165) is 24.5 Å². The molecule has 2 N–H and O–H groups in total. The SMILES string of the molecule is CC(N)Cc1cc(Cl)ccc1N1CC(C)SC(C)C1. The molecule has 1 fully saturated rings. The molecule has 3 atom stereocenters. The van der Waals surface area contributed by atoms with Gasteiger partial charge in [0, 0.05) is 40.3 Å². The number of nitrogens with zero attached hydrogens (tertiary/aromatic N) is 1. The van der Waals surface area contributed by atoms with Crippen LogP contribution in [-0.2, 0) is 6.42 Å². The zero-order valence-electron chi connectivity index (χ0n) is 11.9. The Bertz CT molecular complexity index is 426. The lowest BCUT2D eigenvalue weighted by Gasteiger charge is -2.37. The van der Waals surface area contributed by atoms with Crippen LogP contribution >= 0.6 is 23.4 Å². The minimum absolute atomic E-state index is 0.159. The first-order valence-corrected chi connectivity index (χ1v) is 8.22. The third kappa shape index (κ3) is 4.04. The molecule has 3 unspecified atom stereocenters. The van der Waals surface area contributed by atoms with Gasteiger partial charge in [0.2, 0.25) is 0 Å². The lowest BCUT2D eigenvalue weighted by atomic mass is 10.0. The summed E-state index contributed by atoms with van der Waals surface area (Å²) in [7, 11) is 0. The Labute approximate surface area is 125 Å². The Morgan fingerprint density at radius 2 is 2.00 bits per heavy atom. The summed E-state index contributed by atoms with van der Waals surface area (Å²) in [6.07, 6.45) is 0.877. The second-order valence-electron chi connectivity index (χ2n) is 5.62. The molecule has 0 spiro atoms. The van der Waals surface area contributed by atoms with Crippen molar-refractivity contribution in [2.24, 2.45) is 5.73 Å². The van der Waals surface area contributed by atoms with Crippen LogP contribution in [0.15, 0.2) is 18.2 Å². The van der Waals surface area contributed by atoms with Crippen LogP contribution < -0.4 is 10.6 Å². The van der Waals surface area contributed by atoms with E-state index in [2.05, 4.69) is 42.6 Å². The van der Waals surface area contributed by atoms with E-state index < -0.39 is 0 Å². The third-order valence-electron chi connectivity index (χ3n) is 3.34. The number of benzene rings is 1. The predicted octanol–water partition coefficient (Wildman–Crippen LogP) is 3.56. The summed E-state index contributed by atoms with van der Waals surface area (Å²) in [5.41, 5.74) is 8.54. The molecular formula is C15H23ClN2S. The Morgan fingerprint density at radius 1 is 1.37 bits per heavy atom. The predicted molar refractivity (Wildman–Crippen MR) is 87.5 cm³/mol. The molecule has 1 aliphatic rings. The van der Waals surface area contributed by atoms with E-state index in [9.17, 15) is 0 Å². The van der Waals surface area contributed by atoms with Crippen molar-refractivity contribution >= 4 is 29.1 Å². The second kappa shape index (κ2) is 6.38. The van der Waals surface area contributed by atoms with E-state index >= 15 is 0 Å². The number of halogens is 1. The first-order chi connectivity index (χ1) is 8.95. The minimum atomic E-state index is 0.159. The van der Waals surface area contributed by atoms with Crippen molar-refractivity contribution in [1.29, 1.82) is 0 Å². The maximum Gasteiger partial charge on any atom is 0.0410 e. The fraction of sp³-hybridized carbons (Fsp3) is 0.600. The number of anilines is 1. The van der Waals surface area contributed by atoms with Crippen molar-refractivity contribution in [3.8, 4) is 0 Å². The monoisotopic (exact) mass is 298 g/mol. The van der Waals surface area contributed by atoms with Crippen molar-refractivity contribution in [1.82, 2.24) is 0 Å². The van der Waals surface area contributed by atoms with Gasteiger partial charge in [0.15, 0.2) is 0 Å².